The molecule has 49 heavy (non-hydrogen) atoms. The van der Waals surface area contributed by atoms with Crippen LogP contribution in [0.4, 0.5) is 4.79 Å². The standard InChI is InChI=1S/C36H45N5O7S/c1-21-37-28(20-49-21)22-11-10-12-23(15-22)31(43)40-17-24-18-41-29(26(24)19-40)30(42)39-36(33(45)46)16-25(36)13-8-6-5-7-9-14-27(32(41)44)38-34(47)48-35(2,3)4/h8,10-13,15,20,24-27,29H,5-7,9,14,16-19H2,1-4H3,(H,38,47)(H,39,42)(H,45,46)/b13-8-/t24-,25-,26-,27+,29-,36+/m0/s1. The van der Waals surface area contributed by atoms with Crippen molar-refractivity contribution < 1.29 is 33.8 Å². The predicted octanol–water partition coefficient (Wildman–Crippen LogP) is 4.39. The number of rotatable bonds is 4. The molecule has 0 radical (unpaired) electrons. The molecular formula is C36H45N5O7S. The summed E-state index contributed by atoms with van der Waals surface area (Å²) >= 11 is 1.54. The number of carboxylic acid groups (broad SMARTS) is 1. The van der Waals surface area contributed by atoms with Crippen LogP contribution in [0.5, 0.6) is 0 Å². The topological polar surface area (TPSA) is 158 Å². The third-order valence-corrected chi connectivity index (χ3v) is 10.8. The second-order valence-corrected chi connectivity index (χ2v) is 15.8. The van der Waals surface area contributed by atoms with Crippen LogP contribution in [0.25, 0.3) is 11.3 Å². The van der Waals surface area contributed by atoms with Crippen LogP contribution in [0.15, 0.2) is 41.8 Å². The van der Waals surface area contributed by atoms with Crippen molar-refractivity contribution in [2.75, 3.05) is 19.6 Å². The maximum atomic E-state index is 14.3. The van der Waals surface area contributed by atoms with E-state index in [1.54, 1.807) is 31.7 Å². The van der Waals surface area contributed by atoms with E-state index >= 15 is 0 Å². The summed E-state index contributed by atoms with van der Waals surface area (Å²) in [7, 11) is 0. The lowest BCUT2D eigenvalue weighted by molar-refractivity contribution is -0.146. The number of carbonyl (C=O) groups excluding carboxylic acids is 4. The number of aromatic nitrogens is 1. The summed E-state index contributed by atoms with van der Waals surface area (Å²) < 4.78 is 5.48. The van der Waals surface area contributed by atoms with Gasteiger partial charge in [0.05, 0.1) is 10.7 Å². The Bertz CT molecular complexity index is 1670. The molecule has 0 spiro atoms. The lowest BCUT2D eigenvalue weighted by Gasteiger charge is -2.33. The molecule has 1 aromatic carbocycles. The SMILES string of the molecule is Cc1nc(-c2cccc(C(=O)N3C[C@H]4CN5C(=O)[C@H](NC(=O)OC(C)(C)C)CCCCC/C=C\[C@H]6C[C@@]6(C(=O)O)NC(=O)[C@@H]5[C@H]4C3)c2)cs1. The van der Waals surface area contributed by atoms with Gasteiger partial charge >= 0.3 is 12.1 Å². The second kappa shape index (κ2) is 13.6. The molecule has 0 unspecified atom stereocenters. The van der Waals surface area contributed by atoms with Gasteiger partial charge in [-0.1, -0.05) is 37.1 Å². The molecule has 0 bridgehead atoms. The highest BCUT2D eigenvalue weighted by Crippen LogP contribution is 2.46. The van der Waals surface area contributed by atoms with E-state index in [-0.39, 0.29) is 37.3 Å². The van der Waals surface area contributed by atoms with Gasteiger partial charge in [-0.2, -0.15) is 0 Å². The molecular weight excluding hydrogens is 646 g/mol. The summed E-state index contributed by atoms with van der Waals surface area (Å²) in [6.45, 7) is 7.90. The lowest BCUT2D eigenvalue weighted by Crippen LogP contribution is -2.58. The number of likely N-dealkylation sites (tertiary alicyclic amines) is 1. The molecule has 2 aromatic rings. The van der Waals surface area contributed by atoms with Crippen LogP contribution >= 0.6 is 11.3 Å². The van der Waals surface area contributed by atoms with E-state index in [9.17, 15) is 29.1 Å². The van der Waals surface area contributed by atoms with Crippen LogP contribution in [0.3, 0.4) is 0 Å². The fourth-order valence-electron chi connectivity index (χ4n) is 7.48. The molecule has 6 atom stereocenters. The third-order valence-electron chi connectivity index (χ3n) is 9.99. The summed E-state index contributed by atoms with van der Waals surface area (Å²) in [6.07, 6.45) is 6.81. The van der Waals surface area contributed by atoms with Crippen LogP contribution in [-0.2, 0) is 19.1 Å². The Hall–Kier alpha value is -4.26. The number of amides is 4. The molecule has 262 valence electrons. The first-order chi connectivity index (χ1) is 23.3. The normalized spacial score (nSPS) is 29.4. The number of hydrogen-bond acceptors (Lipinski definition) is 8. The van der Waals surface area contributed by atoms with Gasteiger partial charge in [0.1, 0.15) is 23.2 Å². The molecule has 4 amide bonds. The van der Waals surface area contributed by atoms with E-state index in [2.05, 4.69) is 15.6 Å². The number of fused-ring (bicyclic) bond motifs is 4. The largest absolute Gasteiger partial charge is 0.479 e. The quantitative estimate of drug-likeness (QED) is 0.399. The van der Waals surface area contributed by atoms with Gasteiger partial charge in [-0.25, -0.2) is 14.6 Å². The summed E-state index contributed by atoms with van der Waals surface area (Å²) in [6, 6.07) is 5.37. The summed E-state index contributed by atoms with van der Waals surface area (Å²) in [5.41, 5.74) is -0.0822. The minimum Gasteiger partial charge on any atom is -0.479 e. The molecule has 1 aliphatic carbocycles. The average molecular weight is 692 g/mol. The third kappa shape index (κ3) is 7.36. The Labute approximate surface area is 290 Å². The van der Waals surface area contributed by atoms with E-state index in [0.717, 1.165) is 35.5 Å². The smallest absolute Gasteiger partial charge is 0.408 e. The number of carboxylic acids is 1. The minimum atomic E-state index is -1.45. The van der Waals surface area contributed by atoms with E-state index in [1.165, 1.54) is 16.2 Å². The fraction of sp³-hybridized carbons (Fsp3) is 0.556. The number of nitrogens with zero attached hydrogens (tertiary/aromatic N) is 3. The molecule has 6 rings (SSSR count). The Morgan fingerprint density at radius 2 is 1.92 bits per heavy atom. The molecule has 1 aromatic heterocycles. The fourth-order valence-corrected chi connectivity index (χ4v) is 8.10. The van der Waals surface area contributed by atoms with Crippen molar-refractivity contribution in [1.82, 2.24) is 25.4 Å². The lowest BCUT2D eigenvalue weighted by atomic mass is 9.93. The Morgan fingerprint density at radius 3 is 2.63 bits per heavy atom. The zero-order valence-electron chi connectivity index (χ0n) is 28.4. The number of hydrogen-bond donors (Lipinski definition) is 3. The highest BCUT2D eigenvalue weighted by molar-refractivity contribution is 7.09. The van der Waals surface area contributed by atoms with Gasteiger partial charge in [0.2, 0.25) is 11.8 Å². The van der Waals surface area contributed by atoms with Crippen LogP contribution in [-0.4, -0.2) is 92.5 Å². The minimum absolute atomic E-state index is 0.183. The van der Waals surface area contributed by atoms with Crippen LogP contribution in [0, 0.1) is 24.7 Å². The number of thiazole rings is 1. The number of benzene rings is 1. The van der Waals surface area contributed by atoms with Crippen molar-refractivity contribution in [3.8, 4) is 11.3 Å². The molecule has 1 saturated carbocycles. The number of carbonyl (C=O) groups is 5. The van der Waals surface area contributed by atoms with Crippen LogP contribution < -0.4 is 10.6 Å². The number of nitrogens with one attached hydrogen (secondary N) is 2. The zero-order chi connectivity index (χ0) is 35.1. The molecule has 2 saturated heterocycles. The maximum Gasteiger partial charge on any atom is 0.408 e. The van der Waals surface area contributed by atoms with Crippen LogP contribution in [0.1, 0.15) is 74.7 Å². The van der Waals surface area contributed by atoms with Gasteiger partial charge in [0.25, 0.3) is 5.91 Å². The van der Waals surface area contributed by atoms with Crippen molar-refractivity contribution in [3.05, 3.63) is 52.4 Å². The van der Waals surface area contributed by atoms with E-state index in [4.69, 9.17) is 4.74 Å². The van der Waals surface area contributed by atoms with Gasteiger partial charge in [0, 0.05) is 53.9 Å². The average Bonchev–Trinajstić information content (AvgIpc) is 3.31. The molecule has 13 heteroatoms. The predicted molar refractivity (Wildman–Crippen MR) is 183 cm³/mol. The zero-order valence-corrected chi connectivity index (χ0v) is 29.3. The number of alkyl carbamates (subject to hydrolysis) is 1. The first-order valence-corrected chi connectivity index (χ1v) is 18.0. The van der Waals surface area contributed by atoms with Crippen molar-refractivity contribution in [2.45, 2.75) is 89.4 Å². The summed E-state index contributed by atoms with van der Waals surface area (Å²) in [5, 5.41) is 18.7. The Balaban J connectivity index is 1.27. The van der Waals surface area contributed by atoms with E-state index in [1.807, 2.05) is 42.7 Å². The molecule has 3 fully saturated rings. The Morgan fingerprint density at radius 1 is 1.12 bits per heavy atom. The van der Waals surface area contributed by atoms with E-state index in [0.29, 0.717) is 24.9 Å². The van der Waals surface area contributed by atoms with Gasteiger partial charge in [-0.3, -0.25) is 14.4 Å². The van der Waals surface area contributed by atoms with Crippen LogP contribution in [0.2, 0.25) is 0 Å². The number of ether oxygens (including phenoxy) is 1. The van der Waals surface area contributed by atoms with Gasteiger partial charge in [-0.05, 0) is 65.5 Å². The highest BCUT2D eigenvalue weighted by Gasteiger charge is 2.62. The first-order valence-electron chi connectivity index (χ1n) is 17.1. The van der Waals surface area contributed by atoms with Gasteiger partial charge in [-0.15, -0.1) is 11.3 Å². The number of allylic oxidation sites excluding steroid dienone is 1. The monoisotopic (exact) mass is 691 g/mol. The molecule has 3 aliphatic heterocycles. The molecule has 4 aliphatic rings. The van der Waals surface area contributed by atoms with E-state index < -0.39 is 53.0 Å². The molecule has 12 nitrogen and oxygen atoms in total. The Kier molecular flexibility index (Phi) is 9.58. The summed E-state index contributed by atoms with van der Waals surface area (Å²) in [4.78, 5) is 75.5. The second-order valence-electron chi connectivity index (χ2n) is 14.7. The molecule has 4 heterocycles. The summed E-state index contributed by atoms with van der Waals surface area (Å²) in [5.74, 6) is -3.25. The van der Waals surface area contributed by atoms with Crippen molar-refractivity contribution in [2.24, 2.45) is 17.8 Å². The molecule has 3 N–H and O–H groups in total. The number of aryl methyl sites for hydroxylation is 1. The first kappa shape index (κ1) is 34.6. The van der Waals surface area contributed by atoms with Gasteiger partial charge < -0.3 is 30.3 Å². The van der Waals surface area contributed by atoms with Crippen molar-refractivity contribution in [3.63, 3.8) is 0 Å². The van der Waals surface area contributed by atoms with Crippen molar-refractivity contribution in [1.29, 1.82) is 0 Å². The van der Waals surface area contributed by atoms with Gasteiger partial charge in [0.15, 0.2) is 0 Å². The number of aliphatic carboxylic acids is 1. The highest BCUT2D eigenvalue weighted by atomic mass is 32.1. The van der Waals surface area contributed by atoms with Crippen molar-refractivity contribution >= 4 is 41.1 Å². The maximum absolute atomic E-state index is 14.3.